The number of phenols is 1. The van der Waals surface area contributed by atoms with Crippen molar-refractivity contribution >= 4 is 17.6 Å². The smallest absolute Gasteiger partial charge is 0.331 e. The molecule has 0 unspecified atom stereocenters. The van der Waals surface area contributed by atoms with Gasteiger partial charge in [-0.25, -0.2) is 4.79 Å². The summed E-state index contributed by atoms with van der Waals surface area (Å²) in [6.07, 6.45) is 2.78. The lowest BCUT2D eigenvalue weighted by Gasteiger charge is -2.19. The zero-order valence-corrected chi connectivity index (χ0v) is 12.5. The van der Waals surface area contributed by atoms with E-state index in [4.69, 9.17) is 5.11 Å². The summed E-state index contributed by atoms with van der Waals surface area (Å²) >= 11 is 0. The van der Waals surface area contributed by atoms with Gasteiger partial charge in [0.1, 0.15) is 5.75 Å². The summed E-state index contributed by atoms with van der Waals surface area (Å²) in [5.74, 6) is -1.65. The number of carbonyl (C=O) groups is 2. The van der Waals surface area contributed by atoms with Crippen LogP contribution in [0.1, 0.15) is 29.8 Å². The molecule has 22 heavy (non-hydrogen) atoms. The normalized spacial score (nSPS) is 11.2. The van der Waals surface area contributed by atoms with Gasteiger partial charge in [-0.2, -0.15) is 5.10 Å². The maximum absolute atomic E-state index is 12.1. The number of anilines is 1. The van der Waals surface area contributed by atoms with Crippen molar-refractivity contribution in [3.63, 3.8) is 0 Å². The first-order valence-electron chi connectivity index (χ1n) is 6.61. The maximum atomic E-state index is 12.1. The third-order valence-corrected chi connectivity index (χ3v) is 3.33. The SMILES string of the molecule is Cc1ccc(C(=O)Nc2cnn(C(C)(C)C(=O)O)c2)c(O)c1. The van der Waals surface area contributed by atoms with E-state index in [-0.39, 0.29) is 11.3 Å². The van der Waals surface area contributed by atoms with Crippen LogP contribution in [0, 0.1) is 6.92 Å². The minimum absolute atomic E-state index is 0.115. The standard InChI is InChI=1S/C15H17N3O4/c1-9-4-5-11(12(19)6-9)13(20)17-10-7-16-18(8-10)15(2,3)14(21)22/h4-8,19H,1-3H3,(H,17,20)(H,21,22). The molecule has 116 valence electrons. The van der Waals surface area contributed by atoms with Crippen molar-refractivity contribution in [2.75, 3.05) is 5.32 Å². The van der Waals surface area contributed by atoms with E-state index < -0.39 is 17.4 Å². The molecule has 2 aromatic rings. The molecule has 0 aliphatic heterocycles. The lowest BCUT2D eigenvalue weighted by molar-refractivity contribution is -0.146. The van der Waals surface area contributed by atoms with E-state index in [2.05, 4.69) is 10.4 Å². The van der Waals surface area contributed by atoms with Crippen LogP contribution in [-0.4, -0.2) is 31.9 Å². The van der Waals surface area contributed by atoms with Gasteiger partial charge in [-0.1, -0.05) is 6.07 Å². The highest BCUT2D eigenvalue weighted by atomic mass is 16.4. The van der Waals surface area contributed by atoms with Gasteiger partial charge in [-0.3, -0.25) is 9.48 Å². The van der Waals surface area contributed by atoms with Crippen molar-refractivity contribution in [3.8, 4) is 5.75 Å². The van der Waals surface area contributed by atoms with Crippen LogP contribution in [0.15, 0.2) is 30.6 Å². The Morgan fingerprint density at radius 1 is 1.32 bits per heavy atom. The fourth-order valence-electron chi connectivity index (χ4n) is 1.82. The molecular weight excluding hydrogens is 286 g/mol. The highest BCUT2D eigenvalue weighted by Gasteiger charge is 2.30. The molecule has 3 N–H and O–H groups in total. The Bertz CT molecular complexity index is 734. The molecule has 0 spiro atoms. The van der Waals surface area contributed by atoms with E-state index in [1.807, 2.05) is 0 Å². The Hall–Kier alpha value is -2.83. The Balaban J connectivity index is 2.20. The molecule has 0 bridgehead atoms. The Morgan fingerprint density at radius 3 is 2.59 bits per heavy atom. The lowest BCUT2D eigenvalue weighted by atomic mass is 10.1. The predicted molar refractivity (Wildman–Crippen MR) is 80.0 cm³/mol. The molecule has 0 saturated heterocycles. The summed E-state index contributed by atoms with van der Waals surface area (Å²) in [6, 6.07) is 4.73. The number of carbonyl (C=O) groups excluding carboxylic acids is 1. The monoisotopic (exact) mass is 303 g/mol. The van der Waals surface area contributed by atoms with Crippen LogP contribution in [0.4, 0.5) is 5.69 Å². The molecule has 0 aliphatic rings. The molecule has 1 amide bonds. The fourth-order valence-corrected chi connectivity index (χ4v) is 1.82. The Labute approximate surface area is 127 Å². The number of aliphatic carboxylic acids is 1. The number of rotatable bonds is 4. The van der Waals surface area contributed by atoms with Crippen LogP contribution >= 0.6 is 0 Å². The first kappa shape index (κ1) is 15.6. The summed E-state index contributed by atoms with van der Waals surface area (Å²) in [6.45, 7) is 4.80. The van der Waals surface area contributed by atoms with Gasteiger partial charge in [-0.15, -0.1) is 0 Å². The quantitative estimate of drug-likeness (QED) is 0.801. The fraction of sp³-hybridized carbons (Fsp3) is 0.267. The van der Waals surface area contributed by atoms with Gasteiger partial charge in [0.2, 0.25) is 0 Å². The van der Waals surface area contributed by atoms with E-state index in [9.17, 15) is 14.7 Å². The topological polar surface area (TPSA) is 104 Å². The second-order valence-electron chi connectivity index (χ2n) is 5.51. The number of nitrogens with zero attached hydrogens (tertiary/aromatic N) is 2. The van der Waals surface area contributed by atoms with Crippen LogP contribution in [0.25, 0.3) is 0 Å². The highest BCUT2D eigenvalue weighted by Crippen LogP contribution is 2.21. The van der Waals surface area contributed by atoms with E-state index in [1.165, 1.54) is 43.1 Å². The van der Waals surface area contributed by atoms with Gasteiger partial charge in [-0.05, 0) is 38.5 Å². The number of benzene rings is 1. The van der Waals surface area contributed by atoms with E-state index in [0.29, 0.717) is 5.69 Å². The van der Waals surface area contributed by atoms with E-state index >= 15 is 0 Å². The third-order valence-electron chi connectivity index (χ3n) is 3.33. The average molecular weight is 303 g/mol. The van der Waals surface area contributed by atoms with Gasteiger partial charge in [0.25, 0.3) is 5.91 Å². The second kappa shape index (κ2) is 5.51. The molecule has 0 atom stereocenters. The molecule has 0 fully saturated rings. The van der Waals surface area contributed by atoms with Gasteiger partial charge >= 0.3 is 5.97 Å². The number of aryl methyl sites for hydroxylation is 1. The lowest BCUT2D eigenvalue weighted by Crippen LogP contribution is -2.35. The summed E-state index contributed by atoms with van der Waals surface area (Å²) < 4.78 is 1.25. The number of nitrogens with one attached hydrogen (secondary N) is 1. The number of amides is 1. The van der Waals surface area contributed by atoms with Gasteiger partial charge in [0.15, 0.2) is 5.54 Å². The Morgan fingerprint density at radius 2 is 2.00 bits per heavy atom. The van der Waals surface area contributed by atoms with Crippen molar-refractivity contribution < 1.29 is 19.8 Å². The summed E-state index contributed by atoms with van der Waals surface area (Å²) in [7, 11) is 0. The number of aromatic nitrogens is 2. The third kappa shape index (κ3) is 2.93. The van der Waals surface area contributed by atoms with Crippen LogP contribution in [0.3, 0.4) is 0 Å². The molecule has 2 rings (SSSR count). The van der Waals surface area contributed by atoms with Crippen molar-refractivity contribution in [2.24, 2.45) is 0 Å². The van der Waals surface area contributed by atoms with Gasteiger partial charge in [0, 0.05) is 6.20 Å². The first-order chi connectivity index (χ1) is 10.2. The summed E-state index contributed by atoms with van der Waals surface area (Å²) in [5, 5.41) is 25.5. The zero-order chi connectivity index (χ0) is 16.5. The average Bonchev–Trinajstić information content (AvgIpc) is 2.87. The van der Waals surface area contributed by atoms with E-state index in [0.717, 1.165) is 5.56 Å². The molecular formula is C15H17N3O4. The maximum Gasteiger partial charge on any atom is 0.331 e. The molecule has 7 nitrogen and oxygen atoms in total. The number of phenolic OH excluding ortho intramolecular Hbond substituents is 1. The molecule has 0 radical (unpaired) electrons. The van der Waals surface area contributed by atoms with Crippen molar-refractivity contribution in [1.29, 1.82) is 0 Å². The number of carboxylic acids is 1. The second-order valence-corrected chi connectivity index (χ2v) is 5.51. The minimum Gasteiger partial charge on any atom is -0.507 e. The highest BCUT2D eigenvalue weighted by molar-refractivity contribution is 6.06. The summed E-state index contributed by atoms with van der Waals surface area (Å²) in [4.78, 5) is 23.3. The van der Waals surface area contributed by atoms with Gasteiger partial charge < -0.3 is 15.5 Å². The zero-order valence-electron chi connectivity index (χ0n) is 12.5. The number of hydrogen-bond donors (Lipinski definition) is 3. The van der Waals surface area contributed by atoms with Crippen LogP contribution in [0.2, 0.25) is 0 Å². The number of carboxylic acid groups (broad SMARTS) is 1. The predicted octanol–water partition coefficient (Wildman–Crippen LogP) is 1.97. The minimum atomic E-state index is -1.23. The molecule has 1 heterocycles. The largest absolute Gasteiger partial charge is 0.507 e. The number of aromatic hydroxyl groups is 1. The molecule has 1 aromatic carbocycles. The molecule has 0 saturated carbocycles. The molecule has 0 aliphatic carbocycles. The Kier molecular flexibility index (Phi) is 3.90. The van der Waals surface area contributed by atoms with E-state index in [1.54, 1.807) is 13.0 Å². The summed E-state index contributed by atoms with van der Waals surface area (Å²) in [5.41, 5.74) is 0.0924. The van der Waals surface area contributed by atoms with Crippen LogP contribution in [0.5, 0.6) is 5.75 Å². The van der Waals surface area contributed by atoms with Crippen molar-refractivity contribution in [3.05, 3.63) is 41.7 Å². The van der Waals surface area contributed by atoms with Crippen LogP contribution in [-0.2, 0) is 10.3 Å². The number of hydrogen-bond acceptors (Lipinski definition) is 4. The van der Waals surface area contributed by atoms with Crippen LogP contribution < -0.4 is 5.32 Å². The van der Waals surface area contributed by atoms with Crippen molar-refractivity contribution in [1.82, 2.24) is 9.78 Å². The van der Waals surface area contributed by atoms with Crippen molar-refractivity contribution in [2.45, 2.75) is 26.3 Å². The molecule has 1 aromatic heterocycles. The molecule has 7 heteroatoms. The van der Waals surface area contributed by atoms with Gasteiger partial charge in [0.05, 0.1) is 17.4 Å². The first-order valence-corrected chi connectivity index (χ1v) is 6.61.